The van der Waals surface area contributed by atoms with Crippen LogP contribution in [-0.2, 0) is 4.79 Å². The highest BCUT2D eigenvalue weighted by Gasteiger charge is 2.53. The van der Waals surface area contributed by atoms with Gasteiger partial charge in [0.2, 0.25) is 0 Å². The lowest BCUT2D eigenvalue weighted by molar-refractivity contribution is -0.161. The summed E-state index contributed by atoms with van der Waals surface area (Å²) in [5.41, 5.74) is -1.55. The van der Waals surface area contributed by atoms with Crippen LogP contribution >= 0.6 is 0 Å². The Morgan fingerprint density at radius 3 is 2.46 bits per heavy atom. The molecule has 1 N–H and O–H groups in total. The van der Waals surface area contributed by atoms with Crippen molar-refractivity contribution in [3.63, 3.8) is 0 Å². The van der Waals surface area contributed by atoms with Crippen molar-refractivity contribution in [2.75, 3.05) is 33.8 Å². The number of carbonyl (C=O) groups is 2. The number of carboxylic acid groups (broad SMARTS) is 1. The van der Waals surface area contributed by atoms with Gasteiger partial charge in [-0.3, -0.25) is 9.59 Å². The zero-order valence-corrected chi connectivity index (χ0v) is 14.8. The second kappa shape index (κ2) is 6.83. The van der Waals surface area contributed by atoms with E-state index in [4.69, 9.17) is 4.74 Å². The number of ether oxygens (including phenoxy) is 1. The average Bonchev–Trinajstić information content (AvgIpc) is 2.60. The minimum atomic E-state index is -0.987. The molecule has 1 amide bonds. The van der Waals surface area contributed by atoms with E-state index in [1.165, 1.54) is 12.0 Å². The van der Waals surface area contributed by atoms with Crippen molar-refractivity contribution in [1.82, 2.24) is 9.80 Å². The number of likely N-dealkylation sites (tertiary alicyclic amines) is 2. The Hall–Kier alpha value is -2.22. The maximum Gasteiger partial charge on any atom is 0.311 e. The molecular weight excluding hydrogens is 346 g/mol. The number of hydrogen-bond donors (Lipinski definition) is 1. The Balaban J connectivity index is 1.88. The van der Waals surface area contributed by atoms with Gasteiger partial charge in [-0.05, 0) is 32.9 Å². The molecule has 0 spiro atoms. The summed E-state index contributed by atoms with van der Waals surface area (Å²) in [6.07, 6.45) is 1.59. The quantitative estimate of drug-likeness (QED) is 0.884. The number of rotatable bonds is 3. The van der Waals surface area contributed by atoms with E-state index in [1.54, 1.807) is 0 Å². The molecule has 2 fully saturated rings. The van der Waals surface area contributed by atoms with Gasteiger partial charge in [-0.25, -0.2) is 8.78 Å². The first-order valence-corrected chi connectivity index (χ1v) is 8.56. The first-order chi connectivity index (χ1) is 12.3. The Labute approximate surface area is 150 Å². The number of methoxy groups -OCH3 is 1. The predicted octanol–water partition coefficient (Wildman–Crippen LogP) is 1.98. The van der Waals surface area contributed by atoms with Crippen molar-refractivity contribution >= 4 is 11.9 Å². The number of carboxylic acids is 1. The van der Waals surface area contributed by atoms with Crippen molar-refractivity contribution in [3.8, 4) is 5.75 Å². The number of fused-ring (bicyclic) bond motifs is 1. The number of hydrogen-bond acceptors (Lipinski definition) is 4. The maximum absolute atomic E-state index is 14.2. The number of amides is 1. The molecule has 0 aromatic heterocycles. The average molecular weight is 368 g/mol. The third-order valence-electron chi connectivity index (χ3n) is 5.70. The molecular formula is C18H22F2N2O4. The van der Waals surface area contributed by atoms with Crippen LogP contribution in [0.5, 0.6) is 5.75 Å². The van der Waals surface area contributed by atoms with Crippen molar-refractivity contribution in [3.05, 3.63) is 29.3 Å². The molecule has 2 aliphatic rings. The lowest BCUT2D eigenvalue weighted by Crippen LogP contribution is -2.63. The van der Waals surface area contributed by atoms with E-state index in [2.05, 4.69) is 0 Å². The van der Waals surface area contributed by atoms with Gasteiger partial charge in [-0.15, -0.1) is 0 Å². The molecule has 142 valence electrons. The van der Waals surface area contributed by atoms with Gasteiger partial charge in [-0.2, -0.15) is 0 Å². The van der Waals surface area contributed by atoms with Gasteiger partial charge >= 0.3 is 5.97 Å². The van der Waals surface area contributed by atoms with Crippen LogP contribution in [0.2, 0.25) is 0 Å². The normalized spacial score (nSPS) is 26.3. The SMILES string of the molecule is COc1cc(F)c(C(=O)N2CC[C@@]3(C(=O)O)CCCN(C)[C@@H]3C2)c(F)c1. The highest BCUT2D eigenvalue weighted by Crippen LogP contribution is 2.42. The summed E-state index contributed by atoms with van der Waals surface area (Å²) in [6, 6.07) is 1.55. The second-order valence-electron chi connectivity index (χ2n) is 7.03. The number of carbonyl (C=O) groups excluding carboxylic acids is 1. The lowest BCUT2D eigenvalue weighted by Gasteiger charge is -2.51. The molecule has 1 aromatic carbocycles. The second-order valence-corrected chi connectivity index (χ2v) is 7.03. The van der Waals surface area contributed by atoms with E-state index in [1.807, 2.05) is 11.9 Å². The lowest BCUT2D eigenvalue weighted by atomic mass is 9.68. The fraction of sp³-hybridized carbons (Fsp3) is 0.556. The van der Waals surface area contributed by atoms with Gasteiger partial charge in [0.25, 0.3) is 5.91 Å². The molecule has 2 saturated heterocycles. The topological polar surface area (TPSA) is 70.1 Å². The molecule has 6 nitrogen and oxygen atoms in total. The van der Waals surface area contributed by atoms with Crippen LogP contribution in [0.4, 0.5) is 8.78 Å². The van der Waals surface area contributed by atoms with Crippen LogP contribution < -0.4 is 4.74 Å². The van der Waals surface area contributed by atoms with Crippen LogP contribution in [0.3, 0.4) is 0 Å². The summed E-state index contributed by atoms with van der Waals surface area (Å²) < 4.78 is 33.3. The van der Waals surface area contributed by atoms with Crippen LogP contribution in [0.1, 0.15) is 29.6 Å². The van der Waals surface area contributed by atoms with Crippen LogP contribution in [0.25, 0.3) is 0 Å². The van der Waals surface area contributed by atoms with Crippen LogP contribution in [-0.4, -0.2) is 66.6 Å². The number of nitrogens with zero attached hydrogens (tertiary/aromatic N) is 2. The Morgan fingerprint density at radius 2 is 1.88 bits per heavy atom. The fourth-order valence-electron chi connectivity index (χ4n) is 4.20. The molecule has 26 heavy (non-hydrogen) atoms. The number of halogens is 2. The molecule has 3 rings (SSSR count). The van der Waals surface area contributed by atoms with E-state index in [0.717, 1.165) is 25.1 Å². The Kier molecular flexibility index (Phi) is 4.88. The largest absolute Gasteiger partial charge is 0.497 e. The fourth-order valence-corrected chi connectivity index (χ4v) is 4.20. The summed E-state index contributed by atoms with van der Waals surface area (Å²) in [6.45, 7) is 1.01. The minimum Gasteiger partial charge on any atom is -0.497 e. The predicted molar refractivity (Wildman–Crippen MR) is 89.2 cm³/mol. The number of benzene rings is 1. The molecule has 0 aliphatic carbocycles. The Morgan fingerprint density at radius 1 is 1.23 bits per heavy atom. The van der Waals surface area contributed by atoms with E-state index in [9.17, 15) is 23.5 Å². The number of piperidine rings is 2. The van der Waals surface area contributed by atoms with Gasteiger partial charge in [0.15, 0.2) is 0 Å². The van der Waals surface area contributed by atoms with E-state index in [0.29, 0.717) is 6.42 Å². The molecule has 8 heteroatoms. The number of aliphatic carboxylic acids is 1. The summed E-state index contributed by atoms with van der Waals surface area (Å²) in [5.74, 6) is -3.62. The van der Waals surface area contributed by atoms with Gasteiger partial charge in [0.1, 0.15) is 22.9 Å². The zero-order chi connectivity index (χ0) is 19.1. The summed E-state index contributed by atoms with van der Waals surface area (Å²) in [4.78, 5) is 27.9. The van der Waals surface area contributed by atoms with Gasteiger partial charge in [-0.1, -0.05) is 0 Å². The number of likely N-dealkylation sites (N-methyl/N-ethyl adjacent to an activating group) is 1. The van der Waals surface area contributed by atoms with Gasteiger partial charge < -0.3 is 19.6 Å². The van der Waals surface area contributed by atoms with Crippen molar-refractivity contribution in [2.45, 2.75) is 25.3 Å². The minimum absolute atomic E-state index is 0.00731. The van der Waals surface area contributed by atoms with Crippen LogP contribution in [0.15, 0.2) is 12.1 Å². The van der Waals surface area contributed by atoms with E-state index < -0.39 is 34.5 Å². The molecule has 0 bridgehead atoms. The first kappa shape index (κ1) is 18.6. The molecule has 2 atom stereocenters. The van der Waals surface area contributed by atoms with Crippen molar-refractivity contribution < 1.29 is 28.2 Å². The van der Waals surface area contributed by atoms with E-state index >= 15 is 0 Å². The van der Waals surface area contributed by atoms with Crippen molar-refractivity contribution in [1.29, 1.82) is 0 Å². The van der Waals surface area contributed by atoms with E-state index in [-0.39, 0.29) is 31.3 Å². The van der Waals surface area contributed by atoms with Crippen LogP contribution in [0, 0.1) is 17.0 Å². The monoisotopic (exact) mass is 368 g/mol. The standard InChI is InChI=1S/C18H22F2N2O4/c1-21-6-3-4-18(17(24)25)5-7-22(10-14(18)21)16(23)15-12(19)8-11(26-2)9-13(15)20/h8-9,14H,3-7,10H2,1-2H3,(H,24,25)/t14-,18+/m1/s1. The molecule has 0 saturated carbocycles. The van der Waals surface area contributed by atoms with Gasteiger partial charge in [0, 0.05) is 31.3 Å². The molecule has 2 aliphatic heterocycles. The smallest absolute Gasteiger partial charge is 0.311 e. The summed E-state index contributed by atoms with van der Waals surface area (Å²) in [7, 11) is 3.11. The first-order valence-electron chi connectivity index (χ1n) is 8.56. The molecule has 0 radical (unpaired) electrons. The molecule has 2 heterocycles. The highest BCUT2D eigenvalue weighted by molar-refractivity contribution is 5.95. The Bertz CT molecular complexity index is 719. The highest BCUT2D eigenvalue weighted by atomic mass is 19.1. The third kappa shape index (κ3) is 2.92. The summed E-state index contributed by atoms with van der Waals surface area (Å²) in [5, 5.41) is 9.77. The zero-order valence-electron chi connectivity index (χ0n) is 14.8. The maximum atomic E-state index is 14.2. The summed E-state index contributed by atoms with van der Waals surface area (Å²) >= 11 is 0. The molecule has 0 unspecified atom stereocenters. The third-order valence-corrected chi connectivity index (χ3v) is 5.70. The molecule has 1 aromatic rings. The van der Waals surface area contributed by atoms with Crippen molar-refractivity contribution in [2.24, 2.45) is 5.41 Å². The van der Waals surface area contributed by atoms with Gasteiger partial charge in [0.05, 0.1) is 12.5 Å².